The van der Waals surface area contributed by atoms with Gasteiger partial charge in [-0.15, -0.1) is 6.42 Å². The van der Waals surface area contributed by atoms with Crippen molar-refractivity contribution in [3.8, 4) is 12.3 Å². The fraction of sp³-hybridized carbons (Fsp3) is 0.125. The molecule has 0 spiro atoms. The second kappa shape index (κ2) is 5.17. The lowest BCUT2D eigenvalue weighted by molar-refractivity contribution is -0.116. The fourth-order valence-corrected chi connectivity index (χ4v) is 2.26. The van der Waals surface area contributed by atoms with Crippen LogP contribution in [0.2, 0.25) is 0 Å². The molecule has 0 aliphatic carbocycles. The van der Waals surface area contributed by atoms with Crippen molar-refractivity contribution in [2.24, 2.45) is 0 Å². The van der Waals surface area contributed by atoms with Crippen molar-refractivity contribution in [2.45, 2.75) is 13.1 Å². The zero-order chi connectivity index (χ0) is 14.8. The topological polar surface area (TPSA) is 69.8 Å². The first-order valence-electron chi connectivity index (χ1n) is 6.53. The third-order valence-electron chi connectivity index (χ3n) is 3.34. The van der Waals surface area contributed by atoms with Gasteiger partial charge in [0.1, 0.15) is 11.8 Å². The number of pyridine rings is 1. The molecule has 0 saturated carbocycles. The molecule has 21 heavy (non-hydrogen) atoms. The predicted octanol–water partition coefficient (Wildman–Crippen LogP) is 1.45. The van der Waals surface area contributed by atoms with Gasteiger partial charge in [0.2, 0.25) is 0 Å². The minimum atomic E-state index is -0.451. The van der Waals surface area contributed by atoms with Gasteiger partial charge in [-0.3, -0.25) is 4.79 Å². The molecule has 0 aromatic carbocycles. The summed E-state index contributed by atoms with van der Waals surface area (Å²) >= 11 is 0. The fourth-order valence-electron chi connectivity index (χ4n) is 2.26. The van der Waals surface area contributed by atoms with Crippen molar-refractivity contribution in [3.05, 3.63) is 47.8 Å². The van der Waals surface area contributed by atoms with Gasteiger partial charge in [-0.2, -0.15) is 0 Å². The molecule has 104 valence electrons. The molecule has 3 heterocycles. The van der Waals surface area contributed by atoms with E-state index < -0.39 is 5.91 Å². The van der Waals surface area contributed by atoms with Crippen LogP contribution < -0.4 is 10.6 Å². The van der Waals surface area contributed by atoms with Crippen LogP contribution in [0.4, 0.5) is 0 Å². The summed E-state index contributed by atoms with van der Waals surface area (Å²) in [6.07, 6.45) is 14.1. The molecule has 1 aliphatic heterocycles. The number of aromatic nitrogens is 2. The van der Waals surface area contributed by atoms with Crippen LogP contribution in [0, 0.1) is 19.3 Å². The summed E-state index contributed by atoms with van der Waals surface area (Å²) in [7, 11) is 0. The Labute approximate surface area is 122 Å². The van der Waals surface area contributed by atoms with Gasteiger partial charge in [0.05, 0.1) is 0 Å². The average molecular weight is 278 g/mol. The van der Waals surface area contributed by atoms with Crippen LogP contribution in [0.25, 0.3) is 16.7 Å². The Morgan fingerprint density at radius 1 is 1.52 bits per heavy atom. The number of fused-ring (bicyclic) bond motifs is 1. The van der Waals surface area contributed by atoms with E-state index in [-0.39, 0.29) is 6.17 Å². The number of amides is 1. The second-order valence-corrected chi connectivity index (χ2v) is 4.80. The molecule has 5 heteroatoms. The number of carbonyl (C=O) groups is 1. The van der Waals surface area contributed by atoms with Crippen molar-refractivity contribution < 1.29 is 4.79 Å². The molecule has 1 amide bonds. The standard InChI is InChI=1S/C16H14N4O/c1-3-15(21)20-14-6-4-5-13(19-14)11-7-12-10(2)8-17-16(12)18-9-11/h1,4-9,14,19H,2H3,(H,17,18)(H,20,21). The van der Waals surface area contributed by atoms with Crippen LogP contribution in [-0.2, 0) is 4.79 Å². The number of rotatable bonds is 2. The maximum atomic E-state index is 11.3. The maximum Gasteiger partial charge on any atom is 0.297 e. The molecule has 1 atom stereocenters. The monoisotopic (exact) mass is 278 g/mol. The Kier molecular flexibility index (Phi) is 3.20. The molecule has 0 radical (unpaired) electrons. The predicted molar refractivity (Wildman–Crippen MR) is 81.8 cm³/mol. The number of dihydropyridines is 1. The van der Waals surface area contributed by atoms with Crippen LogP contribution in [-0.4, -0.2) is 22.0 Å². The lowest BCUT2D eigenvalue weighted by Gasteiger charge is -2.22. The van der Waals surface area contributed by atoms with E-state index in [2.05, 4.69) is 26.7 Å². The minimum Gasteiger partial charge on any atom is -0.361 e. The highest BCUT2D eigenvalue weighted by Gasteiger charge is 2.14. The summed E-state index contributed by atoms with van der Waals surface area (Å²) in [6.45, 7) is 2.03. The maximum absolute atomic E-state index is 11.3. The van der Waals surface area contributed by atoms with Gasteiger partial charge in [0, 0.05) is 29.0 Å². The number of hydrogen-bond donors (Lipinski definition) is 3. The van der Waals surface area contributed by atoms with E-state index in [1.807, 2.05) is 37.3 Å². The first-order valence-corrected chi connectivity index (χ1v) is 6.53. The number of nitrogens with zero attached hydrogens (tertiary/aromatic N) is 1. The number of allylic oxidation sites excluding steroid dienone is 2. The van der Waals surface area contributed by atoms with Crippen LogP contribution in [0.1, 0.15) is 11.1 Å². The number of aryl methyl sites for hydroxylation is 1. The van der Waals surface area contributed by atoms with Crippen LogP contribution in [0.3, 0.4) is 0 Å². The van der Waals surface area contributed by atoms with E-state index >= 15 is 0 Å². The molecule has 5 nitrogen and oxygen atoms in total. The molecule has 1 aliphatic rings. The van der Waals surface area contributed by atoms with E-state index in [1.54, 1.807) is 6.20 Å². The average Bonchev–Trinajstić information content (AvgIpc) is 2.88. The zero-order valence-electron chi connectivity index (χ0n) is 11.5. The number of carbonyl (C=O) groups excluding carboxylic acids is 1. The van der Waals surface area contributed by atoms with Crippen LogP contribution in [0.15, 0.2) is 36.7 Å². The summed E-state index contributed by atoms with van der Waals surface area (Å²) in [4.78, 5) is 18.8. The first-order chi connectivity index (χ1) is 10.2. The largest absolute Gasteiger partial charge is 0.361 e. The van der Waals surface area contributed by atoms with E-state index in [4.69, 9.17) is 6.42 Å². The Morgan fingerprint density at radius 3 is 3.19 bits per heavy atom. The minimum absolute atomic E-state index is 0.323. The molecular formula is C16H14N4O. The number of aromatic amines is 1. The highest BCUT2D eigenvalue weighted by atomic mass is 16.1. The van der Waals surface area contributed by atoms with Crippen molar-refractivity contribution in [3.63, 3.8) is 0 Å². The second-order valence-electron chi connectivity index (χ2n) is 4.80. The van der Waals surface area contributed by atoms with Gasteiger partial charge in [0.15, 0.2) is 0 Å². The van der Waals surface area contributed by atoms with E-state index in [9.17, 15) is 4.79 Å². The zero-order valence-corrected chi connectivity index (χ0v) is 11.5. The summed E-state index contributed by atoms with van der Waals surface area (Å²) in [5.74, 6) is 1.58. The summed E-state index contributed by atoms with van der Waals surface area (Å²) in [6, 6.07) is 2.06. The normalized spacial score (nSPS) is 17.0. The number of H-pyrrole nitrogens is 1. The molecule has 3 N–H and O–H groups in total. The Bertz CT molecular complexity index is 807. The Hall–Kier alpha value is -3.00. The molecular weight excluding hydrogens is 264 g/mol. The van der Waals surface area contributed by atoms with Crippen molar-refractivity contribution in [1.29, 1.82) is 0 Å². The van der Waals surface area contributed by atoms with Crippen molar-refractivity contribution >= 4 is 22.6 Å². The third kappa shape index (κ3) is 2.51. The van der Waals surface area contributed by atoms with E-state index in [1.165, 1.54) is 0 Å². The van der Waals surface area contributed by atoms with Crippen LogP contribution in [0.5, 0.6) is 0 Å². The quantitative estimate of drug-likeness (QED) is 0.728. The van der Waals surface area contributed by atoms with Gasteiger partial charge in [0.25, 0.3) is 5.91 Å². The number of terminal acetylenes is 1. The number of hydrogen-bond acceptors (Lipinski definition) is 3. The molecule has 0 bridgehead atoms. The summed E-state index contributed by atoms with van der Waals surface area (Å²) in [5, 5.41) is 6.96. The van der Waals surface area contributed by atoms with Gasteiger partial charge < -0.3 is 15.6 Å². The molecule has 0 fully saturated rings. The van der Waals surface area contributed by atoms with Crippen molar-refractivity contribution in [1.82, 2.24) is 20.6 Å². The van der Waals surface area contributed by atoms with E-state index in [0.717, 1.165) is 27.9 Å². The van der Waals surface area contributed by atoms with Crippen molar-refractivity contribution in [2.75, 3.05) is 0 Å². The van der Waals surface area contributed by atoms with Gasteiger partial charge >= 0.3 is 0 Å². The highest BCUT2D eigenvalue weighted by molar-refractivity contribution is 5.93. The van der Waals surface area contributed by atoms with E-state index in [0.29, 0.717) is 0 Å². The van der Waals surface area contributed by atoms with Gasteiger partial charge in [-0.25, -0.2) is 4.98 Å². The molecule has 3 rings (SSSR count). The van der Waals surface area contributed by atoms with Crippen LogP contribution >= 0.6 is 0 Å². The molecule has 0 saturated heterocycles. The molecule has 1 unspecified atom stereocenters. The highest BCUT2D eigenvalue weighted by Crippen LogP contribution is 2.21. The Balaban J connectivity index is 1.87. The molecule has 2 aromatic heterocycles. The van der Waals surface area contributed by atoms with Gasteiger partial charge in [-0.1, -0.05) is 6.08 Å². The summed E-state index contributed by atoms with van der Waals surface area (Å²) < 4.78 is 0. The number of nitrogens with one attached hydrogen (secondary N) is 3. The lowest BCUT2D eigenvalue weighted by atomic mass is 10.1. The Morgan fingerprint density at radius 2 is 2.38 bits per heavy atom. The SMILES string of the molecule is C#CC(=O)NC1C=CC=C(c2cnc3[nH]cc(C)c3c2)N1. The molecule has 2 aromatic rings. The third-order valence-corrected chi connectivity index (χ3v) is 3.34. The summed E-state index contributed by atoms with van der Waals surface area (Å²) in [5.41, 5.74) is 3.84. The van der Waals surface area contributed by atoms with Gasteiger partial charge in [-0.05, 0) is 36.6 Å². The first kappa shape index (κ1) is 13.0. The lowest BCUT2D eigenvalue weighted by Crippen LogP contribution is -2.43. The smallest absolute Gasteiger partial charge is 0.297 e.